The summed E-state index contributed by atoms with van der Waals surface area (Å²) < 4.78 is 6.99. The Hall–Kier alpha value is -1.96. The van der Waals surface area contributed by atoms with E-state index in [4.69, 9.17) is 4.74 Å². The van der Waals surface area contributed by atoms with Crippen LogP contribution in [0, 0.1) is 6.92 Å². The average molecular weight is 305 g/mol. The van der Waals surface area contributed by atoms with E-state index in [0.717, 1.165) is 5.56 Å². The van der Waals surface area contributed by atoms with E-state index in [1.165, 1.54) is 4.90 Å². The molecule has 1 aliphatic heterocycles. The number of nitrogens with zero attached hydrogens (tertiary/aromatic N) is 3. The van der Waals surface area contributed by atoms with Gasteiger partial charge >= 0.3 is 0 Å². The molecule has 0 aliphatic carbocycles. The fourth-order valence-corrected chi connectivity index (χ4v) is 2.62. The second-order valence-corrected chi connectivity index (χ2v) is 5.67. The Kier molecular flexibility index (Phi) is 3.86. The standard InChI is InChI=1S/C15H19N3O4/c1-9-3-4-18-6-10(16-13(18)5-9)15(21)17(2)11-7-22-8-12(19)14(11)20/h3-6,11-12,14,19-20H,7-8H2,1-2H3/t11-,12-,14+/m1/s1. The SMILES string of the molecule is Cc1ccn2cc(C(=O)N(C)[C@@H]3COC[C@@H](O)[C@H]3O)nc2c1. The third-order valence-electron chi connectivity index (χ3n) is 4.02. The molecule has 7 nitrogen and oxygen atoms in total. The number of likely N-dealkylation sites (N-methyl/N-ethyl adjacent to an activating group) is 1. The van der Waals surface area contributed by atoms with Crippen molar-refractivity contribution in [2.45, 2.75) is 25.2 Å². The van der Waals surface area contributed by atoms with E-state index in [2.05, 4.69) is 4.98 Å². The van der Waals surface area contributed by atoms with Crippen LogP contribution in [0.2, 0.25) is 0 Å². The summed E-state index contributed by atoms with van der Waals surface area (Å²) in [6.45, 7) is 2.22. The van der Waals surface area contributed by atoms with Crippen molar-refractivity contribution >= 4 is 11.6 Å². The molecule has 1 saturated heterocycles. The number of aliphatic hydroxyl groups excluding tert-OH is 2. The molecule has 0 radical (unpaired) electrons. The summed E-state index contributed by atoms with van der Waals surface area (Å²) in [7, 11) is 1.58. The van der Waals surface area contributed by atoms with Crippen LogP contribution in [0.15, 0.2) is 24.5 Å². The van der Waals surface area contributed by atoms with Crippen LogP contribution in [0.1, 0.15) is 16.1 Å². The second-order valence-electron chi connectivity index (χ2n) is 5.67. The number of carbonyl (C=O) groups is 1. The van der Waals surface area contributed by atoms with Crippen LogP contribution in [0.4, 0.5) is 0 Å². The summed E-state index contributed by atoms with van der Waals surface area (Å²) in [4.78, 5) is 18.2. The molecule has 0 bridgehead atoms. The van der Waals surface area contributed by atoms with E-state index in [1.807, 2.05) is 25.3 Å². The topological polar surface area (TPSA) is 87.3 Å². The van der Waals surface area contributed by atoms with Crippen LogP contribution in [0.3, 0.4) is 0 Å². The summed E-state index contributed by atoms with van der Waals surface area (Å²) in [5, 5.41) is 19.7. The lowest BCUT2D eigenvalue weighted by atomic mass is 10.0. The van der Waals surface area contributed by atoms with Crippen LogP contribution in [0.5, 0.6) is 0 Å². The molecule has 7 heteroatoms. The summed E-state index contributed by atoms with van der Waals surface area (Å²) in [6.07, 6.45) is 1.48. The lowest BCUT2D eigenvalue weighted by molar-refractivity contribution is -0.122. The molecule has 0 saturated carbocycles. The zero-order valence-corrected chi connectivity index (χ0v) is 12.5. The number of hydrogen-bond acceptors (Lipinski definition) is 5. The van der Waals surface area contributed by atoms with Gasteiger partial charge in [0.2, 0.25) is 0 Å². The first-order chi connectivity index (χ1) is 10.5. The Labute approximate surface area is 127 Å². The molecule has 2 N–H and O–H groups in total. The summed E-state index contributed by atoms with van der Waals surface area (Å²) in [5.74, 6) is -0.317. The van der Waals surface area contributed by atoms with Crippen molar-refractivity contribution in [1.82, 2.24) is 14.3 Å². The highest BCUT2D eigenvalue weighted by atomic mass is 16.5. The van der Waals surface area contributed by atoms with Gasteiger partial charge in [-0.2, -0.15) is 0 Å². The molecule has 118 valence electrons. The van der Waals surface area contributed by atoms with E-state index in [0.29, 0.717) is 11.3 Å². The van der Waals surface area contributed by atoms with Gasteiger partial charge in [0.25, 0.3) is 5.91 Å². The summed E-state index contributed by atoms with van der Waals surface area (Å²) in [6, 6.07) is 3.23. The fraction of sp³-hybridized carbons (Fsp3) is 0.467. The molecule has 3 atom stereocenters. The number of pyridine rings is 1. The number of aliphatic hydroxyl groups is 2. The molecule has 3 rings (SSSR count). The van der Waals surface area contributed by atoms with E-state index < -0.39 is 18.2 Å². The highest BCUT2D eigenvalue weighted by Crippen LogP contribution is 2.17. The Balaban J connectivity index is 1.85. The number of amides is 1. The Morgan fingerprint density at radius 3 is 3.00 bits per heavy atom. The maximum absolute atomic E-state index is 12.6. The molecule has 22 heavy (non-hydrogen) atoms. The van der Waals surface area contributed by atoms with E-state index in [9.17, 15) is 15.0 Å². The molecule has 0 spiro atoms. The first-order valence-electron chi connectivity index (χ1n) is 7.14. The van der Waals surface area contributed by atoms with Crippen LogP contribution in [-0.2, 0) is 4.74 Å². The molecule has 1 aliphatic rings. The summed E-state index contributed by atoms with van der Waals surface area (Å²) >= 11 is 0. The van der Waals surface area contributed by atoms with E-state index in [1.54, 1.807) is 17.6 Å². The van der Waals surface area contributed by atoms with Gasteiger partial charge in [0.1, 0.15) is 23.5 Å². The van der Waals surface area contributed by atoms with Gasteiger partial charge in [-0.15, -0.1) is 0 Å². The molecular weight excluding hydrogens is 286 g/mol. The maximum atomic E-state index is 12.6. The van der Waals surface area contributed by atoms with Crippen LogP contribution in [-0.4, -0.2) is 68.9 Å². The van der Waals surface area contributed by atoms with Crippen molar-refractivity contribution < 1.29 is 19.7 Å². The lowest BCUT2D eigenvalue weighted by Crippen LogP contribution is -2.56. The predicted molar refractivity (Wildman–Crippen MR) is 78.6 cm³/mol. The monoisotopic (exact) mass is 305 g/mol. The highest BCUT2D eigenvalue weighted by molar-refractivity contribution is 5.93. The van der Waals surface area contributed by atoms with Crippen molar-refractivity contribution in [2.75, 3.05) is 20.3 Å². The quantitative estimate of drug-likeness (QED) is 0.805. The van der Waals surface area contributed by atoms with Gasteiger partial charge in [0.05, 0.1) is 19.3 Å². The van der Waals surface area contributed by atoms with Gasteiger partial charge < -0.3 is 24.3 Å². The first-order valence-corrected chi connectivity index (χ1v) is 7.14. The number of aromatic nitrogens is 2. The molecule has 3 heterocycles. The number of carbonyl (C=O) groups excluding carboxylic acids is 1. The van der Waals surface area contributed by atoms with Crippen LogP contribution < -0.4 is 0 Å². The number of ether oxygens (including phenoxy) is 1. The van der Waals surface area contributed by atoms with Gasteiger partial charge in [0, 0.05) is 19.4 Å². The van der Waals surface area contributed by atoms with Crippen molar-refractivity contribution in [3.05, 3.63) is 35.8 Å². The average Bonchev–Trinajstić information content (AvgIpc) is 2.91. The number of fused-ring (bicyclic) bond motifs is 1. The number of aryl methyl sites for hydroxylation is 1. The number of hydrogen-bond donors (Lipinski definition) is 2. The van der Waals surface area contributed by atoms with E-state index >= 15 is 0 Å². The molecular formula is C15H19N3O4. The van der Waals surface area contributed by atoms with Crippen LogP contribution in [0.25, 0.3) is 5.65 Å². The molecule has 0 aromatic carbocycles. The smallest absolute Gasteiger partial charge is 0.274 e. The zero-order chi connectivity index (χ0) is 15.9. The molecule has 1 amide bonds. The van der Waals surface area contributed by atoms with Crippen molar-refractivity contribution in [3.63, 3.8) is 0 Å². The lowest BCUT2D eigenvalue weighted by Gasteiger charge is -2.37. The molecule has 1 fully saturated rings. The first kappa shape index (κ1) is 15.0. The fourth-order valence-electron chi connectivity index (χ4n) is 2.62. The Morgan fingerprint density at radius 1 is 1.45 bits per heavy atom. The normalized spacial score (nSPS) is 25.4. The van der Waals surface area contributed by atoms with Gasteiger partial charge in [0.15, 0.2) is 0 Å². The van der Waals surface area contributed by atoms with Gasteiger partial charge in [-0.25, -0.2) is 4.98 Å². The Morgan fingerprint density at radius 2 is 2.23 bits per heavy atom. The zero-order valence-electron chi connectivity index (χ0n) is 12.5. The third-order valence-corrected chi connectivity index (χ3v) is 4.02. The minimum atomic E-state index is -1.03. The van der Waals surface area contributed by atoms with Crippen molar-refractivity contribution in [1.29, 1.82) is 0 Å². The van der Waals surface area contributed by atoms with Crippen molar-refractivity contribution in [3.8, 4) is 0 Å². The maximum Gasteiger partial charge on any atom is 0.274 e. The van der Waals surface area contributed by atoms with Gasteiger partial charge in [-0.1, -0.05) is 0 Å². The van der Waals surface area contributed by atoms with Crippen LogP contribution >= 0.6 is 0 Å². The molecule has 0 unspecified atom stereocenters. The molecule has 2 aromatic rings. The minimum absolute atomic E-state index is 0.0767. The highest BCUT2D eigenvalue weighted by Gasteiger charge is 2.36. The van der Waals surface area contributed by atoms with Crippen molar-refractivity contribution in [2.24, 2.45) is 0 Å². The van der Waals surface area contributed by atoms with E-state index in [-0.39, 0.29) is 19.1 Å². The Bertz CT molecular complexity index is 699. The largest absolute Gasteiger partial charge is 0.388 e. The second kappa shape index (κ2) is 5.68. The third kappa shape index (κ3) is 2.58. The number of imidazole rings is 1. The van der Waals surface area contributed by atoms with Gasteiger partial charge in [-0.05, 0) is 24.6 Å². The summed E-state index contributed by atoms with van der Waals surface area (Å²) in [5.41, 5.74) is 2.04. The minimum Gasteiger partial charge on any atom is -0.388 e. The van der Waals surface area contributed by atoms with Gasteiger partial charge in [-0.3, -0.25) is 4.79 Å². The molecule has 2 aromatic heterocycles. The predicted octanol–water partition coefficient (Wildman–Crippen LogP) is -0.165. The number of rotatable bonds is 2.